The van der Waals surface area contributed by atoms with Crippen LogP contribution in [-0.2, 0) is 0 Å². The second-order valence-electron chi connectivity index (χ2n) is 8.84. The smallest absolute Gasteiger partial charge is 0.191 e. The highest BCUT2D eigenvalue weighted by molar-refractivity contribution is 14.0. The molecule has 28 heavy (non-hydrogen) atoms. The van der Waals surface area contributed by atoms with E-state index < -0.39 is 0 Å². The van der Waals surface area contributed by atoms with Crippen LogP contribution in [0, 0.1) is 5.92 Å². The number of halogens is 1. The van der Waals surface area contributed by atoms with Crippen molar-refractivity contribution in [2.24, 2.45) is 10.9 Å². The number of rotatable bonds is 10. The number of guanidine groups is 1. The van der Waals surface area contributed by atoms with E-state index in [1.165, 1.54) is 90.6 Å². The van der Waals surface area contributed by atoms with Gasteiger partial charge in [0.1, 0.15) is 0 Å². The van der Waals surface area contributed by atoms with Crippen LogP contribution in [0.15, 0.2) is 4.99 Å². The minimum absolute atomic E-state index is 0. The molecule has 5 nitrogen and oxygen atoms in total. The first-order valence-electron chi connectivity index (χ1n) is 11.7. The van der Waals surface area contributed by atoms with E-state index in [9.17, 15) is 0 Å². The van der Waals surface area contributed by atoms with Crippen molar-refractivity contribution in [1.29, 1.82) is 0 Å². The Morgan fingerprint density at radius 1 is 0.964 bits per heavy atom. The van der Waals surface area contributed by atoms with Gasteiger partial charge in [-0.05, 0) is 71.0 Å². The quantitative estimate of drug-likeness (QED) is 0.204. The maximum absolute atomic E-state index is 4.83. The highest BCUT2D eigenvalue weighted by atomic mass is 127. The summed E-state index contributed by atoms with van der Waals surface area (Å²) in [5, 5.41) is 7.11. The first kappa shape index (κ1) is 26.0. The molecule has 0 aromatic carbocycles. The Morgan fingerprint density at radius 3 is 2.32 bits per heavy atom. The van der Waals surface area contributed by atoms with Crippen molar-refractivity contribution in [2.75, 3.05) is 52.4 Å². The molecule has 0 aromatic heterocycles. The monoisotopic (exact) mass is 507 g/mol. The Kier molecular flexibility index (Phi) is 14.6. The summed E-state index contributed by atoms with van der Waals surface area (Å²) in [6.45, 7) is 16.3. The predicted molar refractivity (Wildman–Crippen MR) is 133 cm³/mol. The van der Waals surface area contributed by atoms with Crippen LogP contribution < -0.4 is 10.6 Å². The molecular weight excluding hydrogens is 461 g/mol. The van der Waals surface area contributed by atoms with E-state index in [4.69, 9.17) is 4.99 Å². The molecule has 6 heteroatoms. The zero-order valence-corrected chi connectivity index (χ0v) is 21.0. The molecule has 0 unspecified atom stereocenters. The fraction of sp³-hybridized carbons (Fsp3) is 0.955. The van der Waals surface area contributed by atoms with Crippen LogP contribution in [0.1, 0.15) is 72.1 Å². The second-order valence-corrected chi connectivity index (χ2v) is 8.84. The number of hydrogen-bond donors (Lipinski definition) is 2. The van der Waals surface area contributed by atoms with Crippen LogP contribution in [0.4, 0.5) is 0 Å². The topological polar surface area (TPSA) is 42.9 Å². The van der Waals surface area contributed by atoms with Crippen molar-refractivity contribution in [2.45, 2.75) is 78.2 Å². The van der Waals surface area contributed by atoms with Gasteiger partial charge in [-0.1, -0.05) is 26.7 Å². The SMILES string of the molecule is CCNC(=NCCCCCN1CCCCC1)NC1CCN(CC(C)C)CC1.I. The molecule has 0 saturated carbocycles. The Balaban J connectivity index is 0.00000392. The van der Waals surface area contributed by atoms with E-state index in [1.54, 1.807) is 0 Å². The molecule has 2 N–H and O–H groups in total. The fourth-order valence-electron chi connectivity index (χ4n) is 4.29. The molecule has 2 heterocycles. The third-order valence-corrected chi connectivity index (χ3v) is 5.75. The van der Waals surface area contributed by atoms with E-state index in [0.29, 0.717) is 6.04 Å². The number of nitrogens with zero attached hydrogens (tertiary/aromatic N) is 3. The summed E-state index contributed by atoms with van der Waals surface area (Å²) in [7, 11) is 0. The number of nitrogens with one attached hydrogen (secondary N) is 2. The lowest BCUT2D eigenvalue weighted by atomic mass is 10.0. The third kappa shape index (κ3) is 11.2. The van der Waals surface area contributed by atoms with Gasteiger partial charge in [0.15, 0.2) is 5.96 Å². The average Bonchev–Trinajstić information content (AvgIpc) is 2.66. The van der Waals surface area contributed by atoms with Gasteiger partial charge in [0.25, 0.3) is 0 Å². The van der Waals surface area contributed by atoms with Crippen molar-refractivity contribution in [3.05, 3.63) is 0 Å². The van der Waals surface area contributed by atoms with Crippen LogP contribution in [0.25, 0.3) is 0 Å². The van der Waals surface area contributed by atoms with E-state index in [1.807, 2.05) is 0 Å². The number of unbranched alkanes of at least 4 members (excludes halogenated alkanes) is 2. The molecule has 2 rings (SSSR count). The number of likely N-dealkylation sites (tertiary alicyclic amines) is 2. The first-order chi connectivity index (χ1) is 13.2. The van der Waals surface area contributed by atoms with Gasteiger partial charge in [-0.25, -0.2) is 0 Å². The lowest BCUT2D eigenvalue weighted by Crippen LogP contribution is -2.49. The predicted octanol–water partition coefficient (Wildman–Crippen LogP) is 3.94. The molecule has 2 saturated heterocycles. The van der Waals surface area contributed by atoms with Gasteiger partial charge in [0.2, 0.25) is 0 Å². The van der Waals surface area contributed by atoms with Gasteiger partial charge in [0, 0.05) is 38.8 Å². The van der Waals surface area contributed by atoms with Crippen molar-refractivity contribution >= 4 is 29.9 Å². The molecule has 0 radical (unpaired) electrons. The molecular formula is C22H46IN5. The van der Waals surface area contributed by atoms with Crippen LogP contribution in [0.3, 0.4) is 0 Å². The lowest BCUT2D eigenvalue weighted by molar-refractivity contribution is 0.187. The van der Waals surface area contributed by atoms with Crippen LogP contribution in [-0.4, -0.2) is 74.2 Å². The normalized spacial score (nSPS) is 20.2. The lowest BCUT2D eigenvalue weighted by Gasteiger charge is -2.34. The van der Waals surface area contributed by atoms with Crippen LogP contribution >= 0.6 is 24.0 Å². The largest absolute Gasteiger partial charge is 0.357 e. The van der Waals surface area contributed by atoms with Crippen LogP contribution in [0.5, 0.6) is 0 Å². The Hall–Kier alpha value is -0.0800. The summed E-state index contributed by atoms with van der Waals surface area (Å²) in [6, 6.07) is 0.574. The molecule has 0 aromatic rings. The zero-order chi connectivity index (χ0) is 19.3. The fourth-order valence-corrected chi connectivity index (χ4v) is 4.29. The van der Waals surface area contributed by atoms with E-state index in [0.717, 1.165) is 25.0 Å². The Bertz CT molecular complexity index is 402. The molecule has 0 spiro atoms. The molecule has 2 fully saturated rings. The highest BCUT2D eigenvalue weighted by Gasteiger charge is 2.20. The van der Waals surface area contributed by atoms with E-state index >= 15 is 0 Å². The number of aliphatic imine (C=N–C) groups is 1. The standard InChI is InChI=1S/C22H45N5.HI/c1-4-23-22(25-21-11-17-27(18-12-21)19-20(2)3)24-13-7-5-8-14-26-15-9-6-10-16-26;/h20-21H,4-19H2,1-3H3,(H2,23,24,25);1H. The average molecular weight is 508 g/mol. The van der Waals surface area contributed by atoms with Gasteiger partial charge in [-0.2, -0.15) is 0 Å². The number of hydrogen-bond acceptors (Lipinski definition) is 3. The minimum Gasteiger partial charge on any atom is -0.357 e. The number of piperidine rings is 2. The first-order valence-corrected chi connectivity index (χ1v) is 11.7. The van der Waals surface area contributed by atoms with E-state index in [2.05, 4.69) is 41.2 Å². The maximum atomic E-state index is 4.83. The molecule has 166 valence electrons. The van der Waals surface area contributed by atoms with Gasteiger partial charge in [0.05, 0.1) is 0 Å². The summed E-state index contributed by atoms with van der Waals surface area (Å²) in [4.78, 5) is 10.1. The van der Waals surface area contributed by atoms with Crippen molar-refractivity contribution in [3.63, 3.8) is 0 Å². The summed E-state index contributed by atoms with van der Waals surface area (Å²) in [5.41, 5.74) is 0. The molecule has 0 amide bonds. The molecule has 0 bridgehead atoms. The maximum Gasteiger partial charge on any atom is 0.191 e. The van der Waals surface area contributed by atoms with Gasteiger partial charge >= 0.3 is 0 Å². The van der Waals surface area contributed by atoms with Crippen molar-refractivity contribution in [3.8, 4) is 0 Å². The Morgan fingerprint density at radius 2 is 1.68 bits per heavy atom. The van der Waals surface area contributed by atoms with Crippen LogP contribution in [0.2, 0.25) is 0 Å². The summed E-state index contributed by atoms with van der Waals surface area (Å²) >= 11 is 0. The Labute approximate surface area is 191 Å². The molecule has 0 atom stereocenters. The van der Waals surface area contributed by atoms with Crippen molar-refractivity contribution in [1.82, 2.24) is 20.4 Å². The summed E-state index contributed by atoms with van der Waals surface area (Å²) < 4.78 is 0. The van der Waals surface area contributed by atoms with Gasteiger partial charge < -0.3 is 20.4 Å². The van der Waals surface area contributed by atoms with E-state index in [-0.39, 0.29) is 24.0 Å². The highest BCUT2D eigenvalue weighted by Crippen LogP contribution is 2.12. The zero-order valence-electron chi connectivity index (χ0n) is 18.7. The minimum atomic E-state index is 0. The summed E-state index contributed by atoms with van der Waals surface area (Å²) in [5.74, 6) is 1.79. The van der Waals surface area contributed by atoms with Gasteiger partial charge in [-0.15, -0.1) is 24.0 Å². The molecule has 2 aliphatic heterocycles. The second kappa shape index (κ2) is 15.7. The van der Waals surface area contributed by atoms with Crippen molar-refractivity contribution < 1.29 is 0 Å². The molecule has 2 aliphatic rings. The van der Waals surface area contributed by atoms with Gasteiger partial charge in [-0.3, -0.25) is 4.99 Å². The third-order valence-electron chi connectivity index (χ3n) is 5.75. The summed E-state index contributed by atoms with van der Waals surface area (Å²) in [6.07, 6.45) is 10.5. The molecule has 0 aliphatic carbocycles.